The molecular formula is C13H20NO4+. The number of carbonyl (C=O) groups is 2. The molecule has 0 aromatic rings. The van der Waals surface area contributed by atoms with Crippen molar-refractivity contribution in [2.24, 2.45) is 0 Å². The molecule has 18 heavy (non-hydrogen) atoms. The smallest absolute Gasteiger partial charge is 0.345 e. The Labute approximate surface area is 107 Å². The average molecular weight is 254 g/mol. The fourth-order valence-corrected chi connectivity index (χ4v) is 1.89. The summed E-state index contributed by atoms with van der Waals surface area (Å²) in [4.78, 5) is 24.1. The van der Waals surface area contributed by atoms with Gasteiger partial charge in [-0.3, -0.25) is 0 Å². The standard InChI is InChI=1S/C13H19NO4/c1-17-12(15)11(13(16)18-2)7-6-10-14-8-4-3-5-9-14/h6-7,10H,3-5,8-9H2,1-2H3/p+1/b10-6+. The van der Waals surface area contributed by atoms with Crippen LogP contribution in [0.4, 0.5) is 0 Å². The summed E-state index contributed by atoms with van der Waals surface area (Å²) in [6.07, 6.45) is 8.82. The SMILES string of the molecule is COC(=O)C(=C/C=C/[NH+]1CCCCC1)C(=O)OC. The second-order valence-electron chi connectivity index (χ2n) is 4.14. The van der Waals surface area contributed by atoms with E-state index in [2.05, 4.69) is 9.47 Å². The first-order valence-electron chi connectivity index (χ1n) is 6.08. The molecular weight excluding hydrogens is 234 g/mol. The predicted octanol–water partition coefficient (Wildman–Crippen LogP) is -0.159. The Morgan fingerprint density at radius 2 is 1.56 bits per heavy atom. The molecule has 1 heterocycles. The molecule has 1 saturated heterocycles. The van der Waals surface area contributed by atoms with Gasteiger partial charge in [-0.15, -0.1) is 0 Å². The maximum atomic E-state index is 11.4. The van der Waals surface area contributed by atoms with Crippen molar-refractivity contribution >= 4 is 11.9 Å². The second kappa shape index (κ2) is 7.66. The van der Waals surface area contributed by atoms with Crippen molar-refractivity contribution in [2.75, 3.05) is 27.3 Å². The number of likely N-dealkylation sites (tertiary alicyclic amines) is 1. The fraction of sp³-hybridized carbons (Fsp3) is 0.538. The Morgan fingerprint density at radius 1 is 1.00 bits per heavy atom. The van der Waals surface area contributed by atoms with E-state index >= 15 is 0 Å². The van der Waals surface area contributed by atoms with Gasteiger partial charge in [0.05, 0.1) is 33.5 Å². The van der Waals surface area contributed by atoms with Crippen molar-refractivity contribution in [1.82, 2.24) is 0 Å². The van der Waals surface area contributed by atoms with E-state index in [9.17, 15) is 9.59 Å². The number of nitrogens with one attached hydrogen (secondary N) is 1. The molecule has 100 valence electrons. The Kier molecular flexibility index (Phi) is 6.14. The highest BCUT2D eigenvalue weighted by Crippen LogP contribution is 2.01. The maximum absolute atomic E-state index is 11.4. The van der Waals surface area contributed by atoms with Crippen LogP contribution in [0.2, 0.25) is 0 Å². The number of rotatable bonds is 4. The predicted molar refractivity (Wildman–Crippen MR) is 65.8 cm³/mol. The van der Waals surface area contributed by atoms with Crippen LogP contribution in [0.3, 0.4) is 0 Å². The minimum Gasteiger partial charge on any atom is -0.465 e. The molecule has 0 bridgehead atoms. The molecule has 0 unspecified atom stereocenters. The summed E-state index contributed by atoms with van der Waals surface area (Å²) < 4.78 is 9.06. The number of hydrogen-bond acceptors (Lipinski definition) is 4. The Balaban J connectivity index is 2.66. The summed E-state index contributed by atoms with van der Waals surface area (Å²) in [6, 6.07) is 0. The van der Waals surface area contributed by atoms with Crippen LogP contribution >= 0.6 is 0 Å². The number of piperidine rings is 1. The molecule has 0 atom stereocenters. The minimum absolute atomic E-state index is 0.0901. The summed E-state index contributed by atoms with van der Waals surface area (Å²) in [7, 11) is 2.47. The van der Waals surface area contributed by atoms with Crippen LogP contribution in [0.1, 0.15) is 19.3 Å². The third kappa shape index (κ3) is 4.33. The van der Waals surface area contributed by atoms with Gasteiger partial charge in [-0.05, 0) is 31.4 Å². The summed E-state index contributed by atoms with van der Waals surface area (Å²) in [5.41, 5.74) is -0.0901. The largest absolute Gasteiger partial charge is 0.465 e. The third-order valence-corrected chi connectivity index (χ3v) is 2.90. The van der Waals surface area contributed by atoms with Crippen LogP contribution in [0, 0.1) is 0 Å². The lowest BCUT2D eigenvalue weighted by Gasteiger charge is -2.18. The molecule has 0 aromatic carbocycles. The van der Waals surface area contributed by atoms with Crippen LogP contribution in [-0.4, -0.2) is 39.2 Å². The van der Waals surface area contributed by atoms with Crippen LogP contribution in [-0.2, 0) is 19.1 Å². The van der Waals surface area contributed by atoms with Gasteiger partial charge in [-0.25, -0.2) is 9.59 Å². The number of esters is 2. The first kappa shape index (κ1) is 14.4. The van der Waals surface area contributed by atoms with Gasteiger partial charge in [0.15, 0.2) is 0 Å². The van der Waals surface area contributed by atoms with Gasteiger partial charge in [-0.2, -0.15) is 0 Å². The van der Waals surface area contributed by atoms with Crippen molar-refractivity contribution in [3.63, 3.8) is 0 Å². The van der Waals surface area contributed by atoms with E-state index in [0.29, 0.717) is 0 Å². The molecule has 1 N–H and O–H groups in total. The zero-order valence-electron chi connectivity index (χ0n) is 10.9. The molecule has 0 saturated carbocycles. The van der Waals surface area contributed by atoms with E-state index in [1.807, 2.05) is 6.20 Å². The van der Waals surface area contributed by atoms with Crippen LogP contribution in [0.5, 0.6) is 0 Å². The van der Waals surface area contributed by atoms with Crippen molar-refractivity contribution in [3.8, 4) is 0 Å². The van der Waals surface area contributed by atoms with Crippen molar-refractivity contribution in [1.29, 1.82) is 0 Å². The van der Waals surface area contributed by atoms with Gasteiger partial charge >= 0.3 is 11.9 Å². The lowest BCUT2D eigenvalue weighted by Crippen LogP contribution is -3.08. The minimum atomic E-state index is -0.680. The van der Waals surface area contributed by atoms with E-state index < -0.39 is 11.9 Å². The number of carbonyl (C=O) groups excluding carboxylic acids is 2. The first-order chi connectivity index (χ1) is 8.69. The van der Waals surface area contributed by atoms with E-state index in [0.717, 1.165) is 13.1 Å². The van der Waals surface area contributed by atoms with E-state index in [-0.39, 0.29) is 5.57 Å². The molecule has 0 aromatic heterocycles. The van der Waals surface area contributed by atoms with Crippen molar-refractivity contribution < 1.29 is 24.0 Å². The zero-order chi connectivity index (χ0) is 13.4. The summed E-state index contributed by atoms with van der Waals surface area (Å²) in [5, 5.41) is 0. The van der Waals surface area contributed by atoms with Gasteiger partial charge in [0.25, 0.3) is 0 Å². The van der Waals surface area contributed by atoms with E-state index in [1.165, 1.54) is 44.5 Å². The molecule has 1 rings (SSSR count). The van der Waals surface area contributed by atoms with E-state index in [4.69, 9.17) is 0 Å². The van der Waals surface area contributed by atoms with Gasteiger partial charge in [0.2, 0.25) is 0 Å². The molecule has 0 radical (unpaired) electrons. The van der Waals surface area contributed by atoms with Gasteiger partial charge in [-0.1, -0.05) is 0 Å². The van der Waals surface area contributed by atoms with Crippen LogP contribution in [0.15, 0.2) is 23.9 Å². The Bertz CT molecular complexity index is 336. The summed E-state index contributed by atoms with van der Waals surface area (Å²) >= 11 is 0. The zero-order valence-corrected chi connectivity index (χ0v) is 10.9. The molecule has 0 amide bonds. The summed E-state index contributed by atoms with van der Waals surface area (Å²) in [6.45, 7) is 2.19. The molecule has 1 aliphatic rings. The monoisotopic (exact) mass is 254 g/mol. The lowest BCUT2D eigenvalue weighted by molar-refractivity contribution is -0.852. The number of allylic oxidation sites excluding steroid dienone is 2. The van der Waals surface area contributed by atoms with Crippen LogP contribution in [0.25, 0.3) is 0 Å². The van der Waals surface area contributed by atoms with Crippen LogP contribution < -0.4 is 4.90 Å². The van der Waals surface area contributed by atoms with Gasteiger partial charge < -0.3 is 14.4 Å². The third-order valence-electron chi connectivity index (χ3n) is 2.90. The number of quaternary nitrogens is 1. The van der Waals surface area contributed by atoms with Gasteiger partial charge in [0.1, 0.15) is 5.57 Å². The molecule has 5 nitrogen and oxygen atoms in total. The lowest BCUT2D eigenvalue weighted by atomic mass is 10.1. The molecule has 1 aliphatic heterocycles. The molecule has 0 aliphatic carbocycles. The average Bonchev–Trinajstić information content (AvgIpc) is 2.43. The first-order valence-corrected chi connectivity index (χ1v) is 6.08. The number of hydrogen-bond donors (Lipinski definition) is 1. The number of ether oxygens (including phenoxy) is 2. The Morgan fingerprint density at radius 3 is 2.06 bits per heavy atom. The normalized spacial score (nSPS) is 16.3. The second-order valence-corrected chi connectivity index (χ2v) is 4.14. The Hall–Kier alpha value is -1.62. The van der Waals surface area contributed by atoms with Crippen molar-refractivity contribution in [3.05, 3.63) is 23.9 Å². The number of methoxy groups -OCH3 is 2. The molecule has 5 heteroatoms. The quantitative estimate of drug-likeness (QED) is 0.249. The maximum Gasteiger partial charge on any atom is 0.345 e. The highest BCUT2D eigenvalue weighted by molar-refractivity contribution is 6.14. The molecule has 0 spiro atoms. The van der Waals surface area contributed by atoms with E-state index in [1.54, 1.807) is 6.08 Å². The highest BCUT2D eigenvalue weighted by Gasteiger charge is 2.18. The van der Waals surface area contributed by atoms with Crippen molar-refractivity contribution in [2.45, 2.75) is 19.3 Å². The topological polar surface area (TPSA) is 57.0 Å². The fourth-order valence-electron chi connectivity index (χ4n) is 1.89. The summed E-state index contributed by atoms with van der Waals surface area (Å²) in [5.74, 6) is -1.36. The highest BCUT2D eigenvalue weighted by atomic mass is 16.5. The molecule has 1 fully saturated rings. The van der Waals surface area contributed by atoms with Gasteiger partial charge in [0, 0.05) is 0 Å².